The number of thiocarbonyl (C=S) groups is 1. The summed E-state index contributed by atoms with van der Waals surface area (Å²) >= 11 is 5.24. The van der Waals surface area contributed by atoms with Crippen LogP contribution in [0.2, 0.25) is 0 Å². The van der Waals surface area contributed by atoms with Crippen LogP contribution in [-0.4, -0.2) is 30.9 Å². The highest BCUT2D eigenvalue weighted by Crippen LogP contribution is 2.19. The van der Waals surface area contributed by atoms with Crippen LogP contribution in [-0.2, 0) is 10.0 Å². The van der Waals surface area contributed by atoms with E-state index in [1.807, 2.05) is 0 Å². The van der Waals surface area contributed by atoms with Crippen LogP contribution in [0.25, 0.3) is 0 Å². The molecule has 140 valence electrons. The van der Waals surface area contributed by atoms with Gasteiger partial charge in [-0.2, -0.15) is 4.31 Å². The number of benzene rings is 2. The van der Waals surface area contributed by atoms with Crippen LogP contribution in [0.3, 0.4) is 0 Å². The molecule has 0 saturated carbocycles. The molecule has 8 heteroatoms. The van der Waals surface area contributed by atoms with Crippen molar-refractivity contribution in [3.63, 3.8) is 0 Å². The van der Waals surface area contributed by atoms with E-state index in [0.29, 0.717) is 35.1 Å². The fraction of sp³-hybridized carbons (Fsp3) is 0.278. The van der Waals surface area contributed by atoms with E-state index in [1.54, 1.807) is 57.2 Å². The molecule has 26 heavy (non-hydrogen) atoms. The highest BCUT2D eigenvalue weighted by atomic mass is 32.2. The van der Waals surface area contributed by atoms with Gasteiger partial charge in [-0.15, -0.1) is 0 Å². The Labute approximate surface area is 159 Å². The summed E-state index contributed by atoms with van der Waals surface area (Å²) in [5.74, 6) is -0.278. The van der Waals surface area contributed by atoms with Crippen molar-refractivity contribution in [2.24, 2.45) is 0 Å². The zero-order chi connectivity index (χ0) is 19.3. The maximum atomic E-state index is 13.3. The molecule has 0 unspecified atom stereocenters. The summed E-state index contributed by atoms with van der Waals surface area (Å²) in [5.41, 5.74) is 1.84. The molecule has 0 aliphatic carbocycles. The quantitative estimate of drug-likeness (QED) is 0.725. The first-order chi connectivity index (χ1) is 12.3. The fourth-order valence-corrected chi connectivity index (χ4v) is 4.13. The standard InChI is InChI=1S/C18H22FN3O2S2/c1-4-22(5-2)26(23,24)16-9-6-14(7-10-16)20-18(25)21-15-8-11-17(19)13(3)12-15/h6-12H,4-5H2,1-3H3,(H2,20,21,25). The predicted octanol–water partition coefficient (Wildman–Crippen LogP) is 3.97. The summed E-state index contributed by atoms with van der Waals surface area (Å²) in [6.45, 7) is 6.12. The Bertz CT molecular complexity index is 880. The Kier molecular flexibility index (Phi) is 6.69. The van der Waals surface area contributed by atoms with Gasteiger partial charge in [0.2, 0.25) is 10.0 Å². The van der Waals surface area contributed by atoms with E-state index in [1.165, 1.54) is 10.4 Å². The van der Waals surface area contributed by atoms with E-state index in [9.17, 15) is 12.8 Å². The van der Waals surface area contributed by atoms with Gasteiger partial charge in [-0.05, 0) is 67.2 Å². The minimum atomic E-state index is -3.48. The Morgan fingerprint density at radius 2 is 1.58 bits per heavy atom. The molecule has 0 heterocycles. The Morgan fingerprint density at radius 3 is 2.12 bits per heavy atom. The lowest BCUT2D eigenvalue weighted by Gasteiger charge is -2.18. The first-order valence-electron chi connectivity index (χ1n) is 8.22. The third-order valence-corrected chi connectivity index (χ3v) is 6.14. The lowest BCUT2D eigenvalue weighted by Crippen LogP contribution is -2.30. The molecule has 0 aromatic heterocycles. The average Bonchev–Trinajstić information content (AvgIpc) is 2.59. The molecule has 0 radical (unpaired) electrons. The smallest absolute Gasteiger partial charge is 0.243 e. The number of sulfonamides is 1. The summed E-state index contributed by atoms with van der Waals surface area (Å²) in [6, 6.07) is 11.0. The van der Waals surface area contributed by atoms with Crippen LogP contribution in [0, 0.1) is 12.7 Å². The number of nitrogens with zero attached hydrogens (tertiary/aromatic N) is 1. The van der Waals surface area contributed by atoms with Gasteiger partial charge >= 0.3 is 0 Å². The summed E-state index contributed by atoms with van der Waals surface area (Å²) in [5, 5.41) is 6.27. The van der Waals surface area contributed by atoms with Crippen molar-refractivity contribution in [1.29, 1.82) is 0 Å². The van der Waals surface area contributed by atoms with E-state index in [2.05, 4.69) is 10.6 Å². The van der Waals surface area contributed by atoms with Crippen molar-refractivity contribution >= 4 is 38.7 Å². The van der Waals surface area contributed by atoms with Crippen LogP contribution in [0.5, 0.6) is 0 Å². The Morgan fingerprint density at radius 1 is 1.04 bits per heavy atom. The van der Waals surface area contributed by atoms with Crippen molar-refractivity contribution in [3.8, 4) is 0 Å². The molecule has 2 rings (SSSR count). The first-order valence-corrected chi connectivity index (χ1v) is 10.1. The third-order valence-electron chi connectivity index (χ3n) is 3.87. The topological polar surface area (TPSA) is 61.4 Å². The minimum Gasteiger partial charge on any atom is -0.332 e. The average molecular weight is 396 g/mol. The van der Waals surface area contributed by atoms with Crippen LogP contribution in [0.1, 0.15) is 19.4 Å². The molecular formula is C18H22FN3O2S2. The van der Waals surface area contributed by atoms with Crippen LogP contribution in [0.15, 0.2) is 47.4 Å². The van der Waals surface area contributed by atoms with Gasteiger partial charge < -0.3 is 10.6 Å². The lowest BCUT2D eigenvalue weighted by molar-refractivity contribution is 0.445. The summed E-state index contributed by atoms with van der Waals surface area (Å²) in [4.78, 5) is 0.236. The maximum Gasteiger partial charge on any atom is 0.243 e. The molecular weight excluding hydrogens is 373 g/mol. The predicted molar refractivity (Wildman–Crippen MR) is 108 cm³/mol. The second kappa shape index (κ2) is 8.57. The number of rotatable bonds is 6. The van der Waals surface area contributed by atoms with Gasteiger partial charge in [-0.3, -0.25) is 0 Å². The summed E-state index contributed by atoms with van der Waals surface area (Å²) in [6.07, 6.45) is 0. The molecule has 2 N–H and O–H groups in total. The normalized spacial score (nSPS) is 11.4. The molecule has 0 spiro atoms. The zero-order valence-corrected chi connectivity index (χ0v) is 16.5. The van der Waals surface area contributed by atoms with Crippen molar-refractivity contribution in [2.75, 3.05) is 23.7 Å². The molecule has 0 aliphatic rings. The van der Waals surface area contributed by atoms with E-state index in [-0.39, 0.29) is 10.7 Å². The second-order valence-electron chi connectivity index (χ2n) is 5.66. The van der Waals surface area contributed by atoms with Crippen molar-refractivity contribution in [3.05, 3.63) is 53.8 Å². The minimum absolute atomic E-state index is 0.236. The zero-order valence-electron chi connectivity index (χ0n) is 14.9. The van der Waals surface area contributed by atoms with E-state index >= 15 is 0 Å². The van der Waals surface area contributed by atoms with Gasteiger partial charge in [-0.25, -0.2) is 12.8 Å². The maximum absolute atomic E-state index is 13.3. The molecule has 0 aliphatic heterocycles. The SMILES string of the molecule is CCN(CC)S(=O)(=O)c1ccc(NC(=S)Nc2ccc(F)c(C)c2)cc1. The third kappa shape index (κ3) is 4.78. The molecule has 5 nitrogen and oxygen atoms in total. The number of aryl methyl sites for hydroxylation is 1. The Balaban J connectivity index is 2.06. The molecule has 0 saturated heterocycles. The molecule has 0 amide bonds. The second-order valence-corrected chi connectivity index (χ2v) is 8.00. The van der Waals surface area contributed by atoms with Crippen molar-refractivity contribution < 1.29 is 12.8 Å². The molecule has 0 fully saturated rings. The van der Waals surface area contributed by atoms with Gasteiger partial charge in [0.1, 0.15) is 5.82 Å². The number of hydrogen-bond acceptors (Lipinski definition) is 3. The van der Waals surface area contributed by atoms with Crippen LogP contribution >= 0.6 is 12.2 Å². The Hall–Kier alpha value is -2.03. The fourth-order valence-electron chi connectivity index (χ4n) is 2.44. The summed E-state index contributed by atoms with van der Waals surface area (Å²) in [7, 11) is -3.48. The summed E-state index contributed by atoms with van der Waals surface area (Å²) < 4.78 is 39.6. The van der Waals surface area contributed by atoms with E-state index in [4.69, 9.17) is 12.2 Å². The van der Waals surface area contributed by atoms with Crippen LogP contribution < -0.4 is 10.6 Å². The number of nitrogens with one attached hydrogen (secondary N) is 2. The van der Waals surface area contributed by atoms with Gasteiger partial charge in [0, 0.05) is 24.5 Å². The largest absolute Gasteiger partial charge is 0.332 e. The lowest BCUT2D eigenvalue weighted by atomic mass is 10.2. The number of halogens is 1. The van der Waals surface area contributed by atoms with Gasteiger partial charge in [0.15, 0.2) is 5.11 Å². The first kappa shape index (κ1) is 20.3. The van der Waals surface area contributed by atoms with Crippen molar-refractivity contribution in [1.82, 2.24) is 4.31 Å². The van der Waals surface area contributed by atoms with E-state index in [0.717, 1.165) is 0 Å². The van der Waals surface area contributed by atoms with Gasteiger partial charge in [0.05, 0.1) is 4.90 Å². The monoisotopic (exact) mass is 395 g/mol. The molecule has 0 bridgehead atoms. The van der Waals surface area contributed by atoms with Crippen LogP contribution in [0.4, 0.5) is 15.8 Å². The molecule has 0 atom stereocenters. The highest BCUT2D eigenvalue weighted by Gasteiger charge is 2.21. The number of hydrogen-bond donors (Lipinski definition) is 2. The van der Waals surface area contributed by atoms with Gasteiger partial charge in [-0.1, -0.05) is 13.8 Å². The molecule has 2 aromatic rings. The molecule has 2 aromatic carbocycles. The van der Waals surface area contributed by atoms with E-state index < -0.39 is 10.0 Å². The highest BCUT2D eigenvalue weighted by molar-refractivity contribution is 7.89. The number of anilines is 2. The van der Waals surface area contributed by atoms with Gasteiger partial charge in [0.25, 0.3) is 0 Å². The van der Waals surface area contributed by atoms with Crippen molar-refractivity contribution in [2.45, 2.75) is 25.7 Å².